The van der Waals surface area contributed by atoms with E-state index in [-0.39, 0.29) is 5.91 Å². The number of carbonyl (C=O) groups is 1. The topological polar surface area (TPSA) is 65.8 Å². The van der Waals surface area contributed by atoms with E-state index in [9.17, 15) is 4.79 Å². The zero-order chi connectivity index (χ0) is 19.4. The molecule has 0 radical (unpaired) electrons. The maximum atomic E-state index is 12.8. The molecule has 0 aliphatic heterocycles. The van der Waals surface area contributed by atoms with Crippen molar-refractivity contribution in [1.82, 2.24) is 10.3 Å². The minimum absolute atomic E-state index is 0.243. The van der Waals surface area contributed by atoms with Gasteiger partial charge in [-0.2, -0.15) is 5.26 Å². The van der Waals surface area contributed by atoms with E-state index in [0.717, 1.165) is 15.6 Å². The predicted octanol–water partition coefficient (Wildman–Crippen LogP) is 5.20. The largest absolute Gasteiger partial charge is 0.340 e. The van der Waals surface area contributed by atoms with Crippen LogP contribution in [-0.2, 0) is 0 Å². The van der Waals surface area contributed by atoms with E-state index < -0.39 is 6.04 Å². The fourth-order valence-corrected chi connectivity index (χ4v) is 3.05. The van der Waals surface area contributed by atoms with E-state index in [0.29, 0.717) is 21.8 Å². The van der Waals surface area contributed by atoms with Crippen LogP contribution in [0.15, 0.2) is 65.3 Å². The third-order valence-electron chi connectivity index (χ3n) is 4.13. The Kier molecular flexibility index (Phi) is 5.90. The number of rotatable bonds is 4. The zero-order valence-electron chi connectivity index (χ0n) is 14.4. The van der Waals surface area contributed by atoms with Crippen molar-refractivity contribution in [3.63, 3.8) is 0 Å². The van der Waals surface area contributed by atoms with Crippen molar-refractivity contribution in [1.29, 1.82) is 5.26 Å². The highest BCUT2D eigenvalue weighted by Gasteiger charge is 2.19. The zero-order valence-corrected chi connectivity index (χ0v) is 16.8. The molecule has 3 rings (SSSR count). The van der Waals surface area contributed by atoms with Crippen molar-refractivity contribution in [2.45, 2.75) is 13.0 Å². The van der Waals surface area contributed by atoms with Gasteiger partial charge in [-0.1, -0.05) is 23.7 Å². The van der Waals surface area contributed by atoms with Crippen molar-refractivity contribution in [3.05, 3.63) is 98.2 Å². The molecule has 1 atom stereocenters. The fourth-order valence-electron chi connectivity index (χ4n) is 2.69. The number of aromatic nitrogens is 1. The van der Waals surface area contributed by atoms with E-state index in [1.165, 1.54) is 0 Å². The number of benzene rings is 2. The molecule has 0 aliphatic carbocycles. The van der Waals surface area contributed by atoms with Crippen molar-refractivity contribution in [2.24, 2.45) is 0 Å². The van der Waals surface area contributed by atoms with E-state index >= 15 is 0 Å². The number of aryl methyl sites for hydroxylation is 1. The molecule has 0 aliphatic rings. The van der Waals surface area contributed by atoms with Gasteiger partial charge >= 0.3 is 0 Å². The van der Waals surface area contributed by atoms with Gasteiger partial charge in [-0.25, -0.2) is 0 Å². The molecular formula is C21H15BrClN3O. The van der Waals surface area contributed by atoms with Crippen LogP contribution in [0.1, 0.15) is 38.8 Å². The molecule has 0 saturated heterocycles. The second-order valence-electron chi connectivity index (χ2n) is 6.00. The summed E-state index contributed by atoms with van der Waals surface area (Å²) < 4.78 is 0.857. The summed E-state index contributed by atoms with van der Waals surface area (Å²) in [6.07, 6.45) is 1.69. The number of nitriles is 1. The van der Waals surface area contributed by atoms with Gasteiger partial charge in [0.05, 0.1) is 23.4 Å². The molecule has 1 heterocycles. The molecule has 27 heavy (non-hydrogen) atoms. The second kappa shape index (κ2) is 8.34. The van der Waals surface area contributed by atoms with Gasteiger partial charge in [0.1, 0.15) is 0 Å². The average molecular weight is 441 g/mol. The Balaban J connectivity index is 1.94. The molecule has 2 aromatic carbocycles. The molecule has 0 saturated carbocycles. The Morgan fingerprint density at radius 3 is 2.52 bits per heavy atom. The first-order valence-electron chi connectivity index (χ1n) is 8.16. The van der Waals surface area contributed by atoms with E-state index in [2.05, 4.69) is 32.3 Å². The van der Waals surface area contributed by atoms with Gasteiger partial charge in [0.15, 0.2) is 0 Å². The number of amides is 1. The molecule has 1 amide bonds. The van der Waals surface area contributed by atoms with Gasteiger partial charge in [0.25, 0.3) is 5.91 Å². The van der Waals surface area contributed by atoms with Gasteiger partial charge in [0, 0.05) is 21.3 Å². The average Bonchev–Trinajstić information content (AvgIpc) is 2.67. The first kappa shape index (κ1) is 19.1. The number of hydrogen-bond acceptors (Lipinski definition) is 3. The predicted molar refractivity (Wildman–Crippen MR) is 109 cm³/mol. The quantitative estimate of drug-likeness (QED) is 0.606. The minimum atomic E-state index is -0.432. The second-order valence-corrected chi connectivity index (χ2v) is 7.35. The lowest BCUT2D eigenvalue weighted by molar-refractivity contribution is 0.0942. The molecular weight excluding hydrogens is 426 g/mol. The maximum Gasteiger partial charge on any atom is 0.252 e. The number of hydrogen-bond donors (Lipinski definition) is 1. The highest BCUT2D eigenvalue weighted by molar-refractivity contribution is 9.10. The first-order chi connectivity index (χ1) is 13.0. The molecule has 1 N–H and O–H groups in total. The van der Waals surface area contributed by atoms with Crippen LogP contribution in [-0.4, -0.2) is 10.9 Å². The summed E-state index contributed by atoms with van der Waals surface area (Å²) in [4.78, 5) is 17.3. The van der Waals surface area contributed by atoms with Crippen LogP contribution in [0.5, 0.6) is 0 Å². The highest BCUT2D eigenvalue weighted by atomic mass is 79.9. The third-order valence-corrected chi connectivity index (χ3v) is 4.85. The molecule has 0 spiro atoms. The standard InChI is InChI=1S/C21H15BrClN3O/c1-13-10-15(2-3-16(13)11-24)21(27)26-20(14-4-7-18(23)8-5-14)19-9-6-17(22)12-25-19/h2-10,12,20H,1H3,(H,26,27)/t20-/m1/s1. The van der Waals surface area contributed by atoms with Crippen LogP contribution in [0.3, 0.4) is 0 Å². The lowest BCUT2D eigenvalue weighted by Crippen LogP contribution is -2.30. The molecule has 3 aromatic rings. The Labute approximate surface area is 170 Å². The van der Waals surface area contributed by atoms with Crippen molar-refractivity contribution in [2.75, 3.05) is 0 Å². The molecule has 0 unspecified atom stereocenters. The molecule has 134 valence electrons. The van der Waals surface area contributed by atoms with Crippen molar-refractivity contribution in [3.8, 4) is 6.07 Å². The highest BCUT2D eigenvalue weighted by Crippen LogP contribution is 2.24. The third kappa shape index (κ3) is 4.54. The summed E-state index contributed by atoms with van der Waals surface area (Å²) in [6.45, 7) is 1.81. The van der Waals surface area contributed by atoms with Gasteiger partial charge in [-0.3, -0.25) is 9.78 Å². The monoisotopic (exact) mass is 439 g/mol. The summed E-state index contributed by atoms with van der Waals surface area (Å²) >= 11 is 9.37. The first-order valence-corrected chi connectivity index (χ1v) is 9.33. The fraction of sp³-hybridized carbons (Fsp3) is 0.0952. The smallest absolute Gasteiger partial charge is 0.252 e. The van der Waals surface area contributed by atoms with Gasteiger partial charge in [-0.05, 0) is 76.4 Å². The van der Waals surface area contributed by atoms with Gasteiger partial charge < -0.3 is 5.32 Å². The number of nitrogens with zero attached hydrogens (tertiary/aromatic N) is 2. The number of nitrogens with one attached hydrogen (secondary N) is 1. The number of pyridine rings is 1. The van der Waals surface area contributed by atoms with Crippen LogP contribution in [0.25, 0.3) is 0 Å². The summed E-state index contributed by atoms with van der Waals surface area (Å²) in [6, 6.07) is 17.7. The Bertz CT molecular complexity index is 966. The number of halogens is 2. The number of carbonyl (C=O) groups excluding carboxylic acids is 1. The van der Waals surface area contributed by atoms with Crippen LogP contribution in [0.2, 0.25) is 5.02 Å². The molecule has 4 nitrogen and oxygen atoms in total. The Hall–Kier alpha value is -2.68. The van der Waals surface area contributed by atoms with Crippen molar-refractivity contribution < 1.29 is 4.79 Å². The maximum absolute atomic E-state index is 12.8. The molecule has 1 aromatic heterocycles. The van der Waals surface area contributed by atoms with Gasteiger partial charge in [0.2, 0.25) is 0 Å². The summed E-state index contributed by atoms with van der Waals surface area (Å²) in [5.41, 5.74) is 3.38. The van der Waals surface area contributed by atoms with Crippen molar-refractivity contribution >= 4 is 33.4 Å². The van der Waals surface area contributed by atoms with E-state index in [4.69, 9.17) is 16.9 Å². The van der Waals surface area contributed by atoms with Crippen LogP contribution >= 0.6 is 27.5 Å². The molecule has 0 bridgehead atoms. The molecule has 6 heteroatoms. The van der Waals surface area contributed by atoms with E-state index in [1.54, 1.807) is 36.5 Å². The van der Waals surface area contributed by atoms with Gasteiger partial charge in [-0.15, -0.1) is 0 Å². The minimum Gasteiger partial charge on any atom is -0.340 e. The van der Waals surface area contributed by atoms with E-state index in [1.807, 2.05) is 31.2 Å². The summed E-state index contributed by atoms with van der Waals surface area (Å²) in [7, 11) is 0. The Morgan fingerprint density at radius 1 is 1.19 bits per heavy atom. The summed E-state index contributed by atoms with van der Waals surface area (Å²) in [5, 5.41) is 12.7. The lowest BCUT2D eigenvalue weighted by Gasteiger charge is -2.19. The normalized spacial score (nSPS) is 11.5. The SMILES string of the molecule is Cc1cc(C(=O)N[C@H](c2ccc(Cl)cc2)c2ccc(Br)cn2)ccc1C#N. The van der Waals surface area contributed by atoms with Crippen LogP contribution < -0.4 is 5.32 Å². The molecule has 0 fully saturated rings. The lowest BCUT2D eigenvalue weighted by atomic mass is 10.0. The van der Waals surface area contributed by atoms with Crippen LogP contribution in [0, 0.1) is 18.3 Å². The Morgan fingerprint density at radius 2 is 1.93 bits per heavy atom. The van der Waals surface area contributed by atoms with Crippen LogP contribution in [0.4, 0.5) is 0 Å². The summed E-state index contributed by atoms with van der Waals surface area (Å²) in [5.74, 6) is -0.243.